The Morgan fingerprint density at radius 2 is 2.00 bits per heavy atom. The Bertz CT molecular complexity index is 691. The number of rotatable bonds is 2. The van der Waals surface area contributed by atoms with Gasteiger partial charge in [0.1, 0.15) is 5.75 Å². The summed E-state index contributed by atoms with van der Waals surface area (Å²) in [5, 5.41) is 6.73. The maximum absolute atomic E-state index is 12.2. The zero-order valence-corrected chi connectivity index (χ0v) is 9.76. The van der Waals surface area contributed by atoms with Gasteiger partial charge in [-0.2, -0.15) is 26.7 Å². The van der Waals surface area contributed by atoms with Crippen LogP contribution >= 0.6 is 0 Å². The Balaban J connectivity index is 2.46. The predicted molar refractivity (Wildman–Crippen MR) is 56.4 cm³/mol. The van der Waals surface area contributed by atoms with E-state index in [0.29, 0.717) is 10.9 Å². The van der Waals surface area contributed by atoms with E-state index in [4.69, 9.17) is 0 Å². The highest BCUT2D eigenvalue weighted by molar-refractivity contribution is 7.88. The van der Waals surface area contributed by atoms with Crippen molar-refractivity contribution in [1.82, 2.24) is 10.2 Å². The average Bonchev–Trinajstić information content (AvgIpc) is 2.63. The number of halogens is 3. The summed E-state index contributed by atoms with van der Waals surface area (Å²) in [5.74, 6) is -0.374. The number of hydrogen-bond acceptors (Lipinski definition) is 4. The molecule has 1 heterocycles. The molecule has 0 radical (unpaired) electrons. The fraction of sp³-hybridized carbons (Fsp3) is 0.222. The molecule has 2 rings (SSSR count). The number of hydrogen-bond donors (Lipinski definition) is 1. The van der Waals surface area contributed by atoms with Crippen LogP contribution in [-0.4, -0.2) is 24.1 Å². The maximum Gasteiger partial charge on any atom is 0.534 e. The van der Waals surface area contributed by atoms with Gasteiger partial charge in [0.05, 0.1) is 11.7 Å². The summed E-state index contributed by atoms with van der Waals surface area (Å²) in [6, 6.07) is 2.63. The van der Waals surface area contributed by atoms with Gasteiger partial charge in [0.25, 0.3) is 0 Å². The lowest BCUT2D eigenvalue weighted by Crippen LogP contribution is -2.28. The van der Waals surface area contributed by atoms with Crippen LogP contribution in [0.4, 0.5) is 13.2 Å². The fourth-order valence-electron chi connectivity index (χ4n) is 1.33. The number of H-pyrrole nitrogens is 1. The third kappa shape index (κ3) is 2.13. The van der Waals surface area contributed by atoms with Gasteiger partial charge in [-0.1, -0.05) is 0 Å². The van der Waals surface area contributed by atoms with Gasteiger partial charge in [-0.25, -0.2) is 0 Å². The molecule has 0 saturated carbocycles. The molecule has 1 aromatic heterocycles. The molecule has 2 aromatic rings. The molecule has 0 bridgehead atoms. The van der Waals surface area contributed by atoms with Gasteiger partial charge in [0, 0.05) is 5.39 Å². The summed E-state index contributed by atoms with van der Waals surface area (Å²) in [7, 11) is -5.66. The lowest BCUT2D eigenvalue weighted by molar-refractivity contribution is -0.0500. The van der Waals surface area contributed by atoms with Crippen molar-refractivity contribution in [2.75, 3.05) is 0 Å². The Kier molecular flexibility index (Phi) is 2.73. The van der Waals surface area contributed by atoms with E-state index in [1.54, 1.807) is 0 Å². The normalized spacial score (nSPS) is 12.9. The van der Waals surface area contributed by atoms with Crippen LogP contribution in [0.5, 0.6) is 5.75 Å². The number of fused-ring (bicyclic) bond motifs is 1. The van der Waals surface area contributed by atoms with Crippen molar-refractivity contribution in [3.05, 3.63) is 23.9 Å². The molecule has 9 heteroatoms. The summed E-state index contributed by atoms with van der Waals surface area (Å²) in [5.41, 5.74) is -4.63. The maximum atomic E-state index is 12.2. The van der Waals surface area contributed by atoms with Gasteiger partial charge in [0.2, 0.25) is 0 Å². The number of benzene rings is 1. The average molecular weight is 280 g/mol. The largest absolute Gasteiger partial charge is 0.534 e. The van der Waals surface area contributed by atoms with E-state index in [1.807, 2.05) is 0 Å². The monoisotopic (exact) mass is 280 g/mol. The molecule has 0 aliphatic rings. The third-order valence-corrected chi connectivity index (χ3v) is 3.18. The van der Waals surface area contributed by atoms with Crippen molar-refractivity contribution in [2.24, 2.45) is 0 Å². The lowest BCUT2D eigenvalue weighted by Gasteiger charge is -2.11. The van der Waals surface area contributed by atoms with Crippen molar-refractivity contribution >= 4 is 21.0 Å². The second kappa shape index (κ2) is 3.87. The molecule has 0 atom stereocenters. The molecule has 0 amide bonds. The van der Waals surface area contributed by atoms with Crippen LogP contribution in [0.1, 0.15) is 5.56 Å². The Hall–Kier alpha value is -1.77. The lowest BCUT2D eigenvalue weighted by atomic mass is 10.2. The first-order chi connectivity index (χ1) is 8.21. The summed E-state index contributed by atoms with van der Waals surface area (Å²) in [6.45, 7) is 1.43. The van der Waals surface area contributed by atoms with E-state index < -0.39 is 15.6 Å². The molecule has 0 unspecified atom stereocenters. The van der Waals surface area contributed by atoms with E-state index >= 15 is 0 Å². The van der Waals surface area contributed by atoms with Gasteiger partial charge in [-0.15, -0.1) is 0 Å². The Morgan fingerprint density at radius 3 is 2.61 bits per heavy atom. The highest BCUT2D eigenvalue weighted by Crippen LogP contribution is 2.30. The van der Waals surface area contributed by atoms with Gasteiger partial charge in [-0.05, 0) is 24.6 Å². The van der Waals surface area contributed by atoms with Crippen molar-refractivity contribution in [3.63, 3.8) is 0 Å². The van der Waals surface area contributed by atoms with Crippen LogP contribution in [0.15, 0.2) is 18.3 Å². The van der Waals surface area contributed by atoms with E-state index in [0.717, 1.165) is 0 Å². The Labute approximate surface area is 99.7 Å². The topological polar surface area (TPSA) is 72.0 Å². The standard InChI is InChI=1S/C9H7F3N2O3S/c1-5-2-7-6(4-13-14-7)3-8(5)17-18(15,16)9(10,11)12/h2-4H,1H3,(H,13,14). The van der Waals surface area contributed by atoms with E-state index in [-0.39, 0.29) is 11.3 Å². The minimum absolute atomic E-state index is 0.250. The Morgan fingerprint density at radius 1 is 1.33 bits per heavy atom. The van der Waals surface area contributed by atoms with Crippen LogP contribution in [0, 0.1) is 6.92 Å². The van der Waals surface area contributed by atoms with E-state index in [9.17, 15) is 21.6 Å². The molecule has 5 nitrogen and oxygen atoms in total. The smallest absolute Gasteiger partial charge is 0.376 e. The van der Waals surface area contributed by atoms with Gasteiger partial charge in [-0.3, -0.25) is 5.10 Å². The van der Waals surface area contributed by atoms with Crippen molar-refractivity contribution in [3.8, 4) is 5.75 Å². The first-order valence-corrected chi connectivity index (χ1v) is 6.06. The first-order valence-electron chi connectivity index (χ1n) is 4.65. The molecule has 0 aliphatic heterocycles. The van der Waals surface area contributed by atoms with Crippen molar-refractivity contribution in [2.45, 2.75) is 12.4 Å². The third-order valence-electron chi connectivity index (χ3n) is 2.22. The van der Waals surface area contributed by atoms with E-state index in [2.05, 4.69) is 14.4 Å². The minimum atomic E-state index is -5.66. The van der Waals surface area contributed by atoms with Crippen molar-refractivity contribution < 1.29 is 25.8 Å². The quantitative estimate of drug-likeness (QED) is 0.675. The van der Waals surface area contributed by atoms with Crippen LogP contribution < -0.4 is 4.18 Å². The van der Waals surface area contributed by atoms with Crippen LogP contribution in [0.25, 0.3) is 10.9 Å². The van der Waals surface area contributed by atoms with Crippen molar-refractivity contribution in [1.29, 1.82) is 0 Å². The first kappa shape index (κ1) is 12.7. The van der Waals surface area contributed by atoms with Crippen LogP contribution in [0.2, 0.25) is 0 Å². The molecule has 1 aromatic carbocycles. The number of nitrogens with zero attached hydrogens (tertiary/aromatic N) is 1. The number of alkyl halides is 3. The summed E-state index contributed by atoms with van der Waals surface area (Å²) < 4.78 is 62.4. The van der Waals surface area contributed by atoms with Gasteiger partial charge >= 0.3 is 15.6 Å². The summed E-state index contributed by atoms with van der Waals surface area (Å²) >= 11 is 0. The molecule has 0 spiro atoms. The molecular formula is C9H7F3N2O3S. The number of aromatic nitrogens is 2. The highest BCUT2D eigenvalue weighted by atomic mass is 32.2. The molecule has 0 saturated heterocycles. The zero-order valence-electron chi connectivity index (χ0n) is 8.95. The summed E-state index contributed by atoms with van der Waals surface area (Å²) in [4.78, 5) is 0. The van der Waals surface area contributed by atoms with Gasteiger partial charge in [0.15, 0.2) is 0 Å². The molecule has 0 aliphatic carbocycles. The molecule has 1 N–H and O–H groups in total. The second-order valence-electron chi connectivity index (χ2n) is 3.56. The second-order valence-corrected chi connectivity index (χ2v) is 5.10. The van der Waals surface area contributed by atoms with Crippen LogP contribution in [0.3, 0.4) is 0 Å². The van der Waals surface area contributed by atoms with E-state index in [1.165, 1.54) is 25.3 Å². The molecule has 0 fully saturated rings. The molecule has 98 valence electrons. The fourth-order valence-corrected chi connectivity index (χ4v) is 1.84. The summed E-state index contributed by atoms with van der Waals surface area (Å²) in [6.07, 6.45) is 1.35. The predicted octanol–water partition coefficient (Wildman–Crippen LogP) is 2.10. The number of aryl methyl sites for hydroxylation is 1. The van der Waals surface area contributed by atoms with Crippen LogP contribution in [-0.2, 0) is 10.1 Å². The molecule has 18 heavy (non-hydrogen) atoms. The number of nitrogens with one attached hydrogen (secondary N) is 1. The zero-order chi connectivity index (χ0) is 13.6. The van der Waals surface area contributed by atoms with Gasteiger partial charge < -0.3 is 4.18 Å². The minimum Gasteiger partial charge on any atom is -0.376 e. The number of aromatic amines is 1. The SMILES string of the molecule is Cc1cc2[nH]ncc2cc1OS(=O)(=O)C(F)(F)F. The molecular weight excluding hydrogens is 273 g/mol. The highest BCUT2D eigenvalue weighted by Gasteiger charge is 2.48.